The molecule has 3 rings (SSSR count). The van der Waals surface area contributed by atoms with Crippen LogP contribution in [0.1, 0.15) is 6.42 Å². The molecule has 2 aromatic carbocycles. The Morgan fingerprint density at radius 3 is 2.54 bits per heavy atom. The predicted octanol–water partition coefficient (Wildman–Crippen LogP) is 1.92. The zero-order chi connectivity index (χ0) is 18.9. The molecule has 0 atom stereocenters. The van der Waals surface area contributed by atoms with Crippen molar-refractivity contribution in [1.29, 1.82) is 0 Å². The van der Waals surface area contributed by atoms with Crippen LogP contribution in [0.5, 0.6) is 0 Å². The van der Waals surface area contributed by atoms with E-state index in [-0.39, 0.29) is 23.8 Å². The molecule has 1 amide bonds. The van der Waals surface area contributed by atoms with E-state index in [4.69, 9.17) is 21.2 Å². The summed E-state index contributed by atoms with van der Waals surface area (Å²) < 4.78 is 28.8. The number of aromatic nitrogens is 1. The number of benzene rings is 2. The molecule has 0 saturated heterocycles. The van der Waals surface area contributed by atoms with Crippen LogP contribution in [0.25, 0.3) is 11.1 Å². The number of fused-ring (bicyclic) bond motifs is 1. The summed E-state index contributed by atoms with van der Waals surface area (Å²) in [6, 6.07) is 10.2. The lowest BCUT2D eigenvalue weighted by molar-refractivity contribution is -0.116. The molecule has 0 radical (unpaired) electrons. The maximum absolute atomic E-state index is 12.1. The summed E-state index contributed by atoms with van der Waals surface area (Å²) in [5.41, 5.74) is 1.31. The van der Waals surface area contributed by atoms with Gasteiger partial charge in [0, 0.05) is 23.7 Å². The second-order valence-electron chi connectivity index (χ2n) is 5.50. The Morgan fingerprint density at radius 2 is 1.88 bits per heavy atom. The lowest BCUT2D eigenvalue weighted by Crippen LogP contribution is -2.20. The van der Waals surface area contributed by atoms with Gasteiger partial charge in [-0.1, -0.05) is 11.6 Å². The largest absolute Gasteiger partial charge is 0.419 e. The number of anilines is 1. The van der Waals surface area contributed by atoms with Crippen molar-refractivity contribution in [2.24, 2.45) is 5.14 Å². The van der Waals surface area contributed by atoms with Crippen molar-refractivity contribution in [1.82, 2.24) is 4.57 Å². The van der Waals surface area contributed by atoms with Crippen molar-refractivity contribution in [2.45, 2.75) is 17.9 Å². The van der Waals surface area contributed by atoms with Crippen LogP contribution >= 0.6 is 11.6 Å². The quantitative estimate of drug-likeness (QED) is 0.682. The van der Waals surface area contributed by atoms with E-state index in [0.29, 0.717) is 21.8 Å². The van der Waals surface area contributed by atoms with Gasteiger partial charge in [-0.3, -0.25) is 9.36 Å². The summed E-state index contributed by atoms with van der Waals surface area (Å²) in [6.07, 6.45) is 0.0119. The van der Waals surface area contributed by atoms with Crippen LogP contribution in [0.15, 0.2) is 56.6 Å². The summed E-state index contributed by atoms with van der Waals surface area (Å²) in [5.74, 6) is -0.927. The Hall–Kier alpha value is -2.62. The van der Waals surface area contributed by atoms with Gasteiger partial charge in [-0.15, -0.1) is 0 Å². The van der Waals surface area contributed by atoms with Crippen LogP contribution in [0, 0.1) is 0 Å². The number of aryl methyl sites for hydroxylation is 1. The number of oxazole rings is 1. The van der Waals surface area contributed by atoms with Crippen molar-refractivity contribution in [3.8, 4) is 0 Å². The first-order chi connectivity index (χ1) is 12.2. The molecule has 26 heavy (non-hydrogen) atoms. The minimum absolute atomic E-state index is 0.0119. The number of amides is 1. The molecule has 0 fully saturated rings. The highest BCUT2D eigenvalue weighted by molar-refractivity contribution is 7.89. The van der Waals surface area contributed by atoms with Gasteiger partial charge >= 0.3 is 5.76 Å². The molecule has 0 bridgehead atoms. The Bertz CT molecular complexity index is 1130. The average molecular weight is 396 g/mol. The maximum atomic E-state index is 12.1. The molecule has 0 saturated carbocycles. The standard InChI is InChI=1S/C16H14ClN3O5S/c17-10-1-6-14-13(9-10)20(16(22)25-14)8-7-15(21)19-11-2-4-12(5-3-11)26(18,23)24/h1-6,9H,7-8H2,(H,19,21)(H2,18,23,24). The van der Waals surface area contributed by atoms with Gasteiger partial charge < -0.3 is 9.73 Å². The number of nitrogens with zero attached hydrogens (tertiary/aromatic N) is 1. The van der Waals surface area contributed by atoms with Gasteiger partial charge in [0.05, 0.1) is 10.4 Å². The van der Waals surface area contributed by atoms with Crippen molar-refractivity contribution in [2.75, 3.05) is 5.32 Å². The van der Waals surface area contributed by atoms with Crippen LogP contribution in [0.4, 0.5) is 5.69 Å². The molecule has 8 nitrogen and oxygen atoms in total. The number of hydrogen-bond donors (Lipinski definition) is 2. The molecular weight excluding hydrogens is 382 g/mol. The SMILES string of the molecule is NS(=O)(=O)c1ccc(NC(=O)CCn2c(=O)oc3ccc(Cl)cc32)cc1. The minimum Gasteiger partial charge on any atom is -0.408 e. The lowest BCUT2D eigenvalue weighted by Gasteiger charge is -2.06. The van der Waals surface area contributed by atoms with Crippen molar-refractivity contribution >= 4 is 44.3 Å². The third kappa shape index (κ3) is 3.96. The number of halogens is 1. The number of primary sulfonamides is 1. The highest BCUT2D eigenvalue weighted by Crippen LogP contribution is 2.19. The fraction of sp³-hybridized carbons (Fsp3) is 0.125. The Labute approximate surface area is 153 Å². The first-order valence-electron chi connectivity index (χ1n) is 7.46. The molecule has 0 spiro atoms. The van der Waals surface area contributed by atoms with Gasteiger partial charge in [-0.25, -0.2) is 18.4 Å². The number of carbonyl (C=O) groups is 1. The smallest absolute Gasteiger partial charge is 0.408 e. The third-order valence-electron chi connectivity index (χ3n) is 3.66. The fourth-order valence-corrected chi connectivity index (χ4v) is 3.09. The van der Waals surface area contributed by atoms with Crippen LogP contribution in [-0.2, 0) is 21.4 Å². The average Bonchev–Trinajstić information content (AvgIpc) is 2.87. The normalized spacial score (nSPS) is 11.6. The van der Waals surface area contributed by atoms with Crippen LogP contribution in [0.2, 0.25) is 5.02 Å². The molecule has 10 heteroatoms. The third-order valence-corrected chi connectivity index (χ3v) is 4.82. The lowest BCUT2D eigenvalue weighted by atomic mass is 10.3. The number of nitrogens with one attached hydrogen (secondary N) is 1. The van der Waals surface area contributed by atoms with E-state index >= 15 is 0 Å². The second kappa shape index (κ2) is 6.94. The molecule has 0 aliphatic carbocycles. The molecule has 136 valence electrons. The summed E-state index contributed by atoms with van der Waals surface area (Å²) in [7, 11) is -3.79. The van der Waals surface area contributed by atoms with E-state index in [9.17, 15) is 18.0 Å². The van der Waals surface area contributed by atoms with Gasteiger partial charge in [0.25, 0.3) is 0 Å². The highest BCUT2D eigenvalue weighted by atomic mass is 35.5. The number of hydrogen-bond acceptors (Lipinski definition) is 5. The molecule has 1 heterocycles. The van der Waals surface area contributed by atoms with Crippen LogP contribution in [-0.4, -0.2) is 18.9 Å². The molecule has 0 aliphatic heterocycles. The van der Waals surface area contributed by atoms with Crippen LogP contribution < -0.4 is 16.2 Å². The number of carbonyl (C=O) groups excluding carboxylic acids is 1. The summed E-state index contributed by atoms with van der Waals surface area (Å²) in [4.78, 5) is 23.9. The Kier molecular flexibility index (Phi) is 4.86. The van der Waals surface area contributed by atoms with Gasteiger partial charge in [-0.2, -0.15) is 0 Å². The van der Waals surface area contributed by atoms with E-state index < -0.39 is 15.8 Å². The van der Waals surface area contributed by atoms with Gasteiger partial charge in [0.2, 0.25) is 15.9 Å². The van der Waals surface area contributed by atoms with E-state index in [0.717, 1.165) is 0 Å². The molecule has 0 unspecified atom stereocenters. The van der Waals surface area contributed by atoms with Gasteiger partial charge in [0.15, 0.2) is 5.58 Å². The molecule has 1 aromatic heterocycles. The van der Waals surface area contributed by atoms with Gasteiger partial charge in [-0.05, 0) is 42.5 Å². The van der Waals surface area contributed by atoms with Crippen molar-refractivity contribution < 1.29 is 17.6 Å². The maximum Gasteiger partial charge on any atom is 0.419 e. The van der Waals surface area contributed by atoms with Gasteiger partial charge in [0.1, 0.15) is 0 Å². The Balaban J connectivity index is 1.69. The predicted molar refractivity (Wildman–Crippen MR) is 96.5 cm³/mol. The first kappa shape index (κ1) is 18.2. The topological polar surface area (TPSA) is 124 Å². The molecule has 3 N–H and O–H groups in total. The number of nitrogens with two attached hydrogens (primary N) is 1. The monoisotopic (exact) mass is 395 g/mol. The second-order valence-corrected chi connectivity index (χ2v) is 7.50. The fourth-order valence-electron chi connectivity index (χ4n) is 2.41. The van der Waals surface area contributed by atoms with E-state index in [1.165, 1.54) is 28.8 Å². The summed E-state index contributed by atoms with van der Waals surface area (Å²) in [6.45, 7) is 0.104. The zero-order valence-corrected chi connectivity index (χ0v) is 14.9. The van der Waals surface area contributed by atoms with E-state index in [1.807, 2.05) is 0 Å². The van der Waals surface area contributed by atoms with Crippen molar-refractivity contribution in [3.63, 3.8) is 0 Å². The highest BCUT2D eigenvalue weighted by Gasteiger charge is 2.12. The molecular formula is C16H14ClN3O5S. The Morgan fingerprint density at radius 1 is 1.19 bits per heavy atom. The zero-order valence-electron chi connectivity index (χ0n) is 13.3. The molecule has 3 aromatic rings. The summed E-state index contributed by atoms with van der Waals surface area (Å²) in [5, 5.41) is 8.08. The van der Waals surface area contributed by atoms with E-state index in [2.05, 4.69) is 5.32 Å². The van der Waals surface area contributed by atoms with Crippen LogP contribution in [0.3, 0.4) is 0 Å². The molecule has 0 aliphatic rings. The minimum atomic E-state index is -3.79. The first-order valence-corrected chi connectivity index (χ1v) is 9.38. The van der Waals surface area contributed by atoms with E-state index in [1.54, 1.807) is 18.2 Å². The number of rotatable bonds is 5. The van der Waals surface area contributed by atoms with Crippen molar-refractivity contribution in [3.05, 3.63) is 58.0 Å². The number of sulfonamides is 1. The summed E-state index contributed by atoms with van der Waals surface area (Å²) >= 11 is 5.93.